The number of carbonyl (C=O) groups is 2. The van der Waals surface area contributed by atoms with Crippen molar-refractivity contribution in [3.05, 3.63) is 0 Å². The standard InChI is InChI=1S/C11H22N2O3/c1-7(5-4-6-8(2)12)10(14)13-9(3)11(15)16/h7-9H,4-6,12H2,1-3H3,(H,13,14)(H,15,16)/t7?,8?,9-/m0/s1. The Morgan fingerprint density at radius 1 is 1.25 bits per heavy atom. The lowest BCUT2D eigenvalue weighted by Crippen LogP contribution is -2.41. The molecular weight excluding hydrogens is 208 g/mol. The monoisotopic (exact) mass is 230 g/mol. The average Bonchev–Trinajstić information content (AvgIpc) is 2.16. The third-order valence-corrected chi connectivity index (χ3v) is 2.47. The fourth-order valence-electron chi connectivity index (χ4n) is 1.29. The Kier molecular flexibility index (Phi) is 6.72. The summed E-state index contributed by atoms with van der Waals surface area (Å²) in [7, 11) is 0. The van der Waals surface area contributed by atoms with E-state index in [2.05, 4.69) is 5.32 Å². The third-order valence-electron chi connectivity index (χ3n) is 2.47. The molecule has 3 atom stereocenters. The van der Waals surface area contributed by atoms with Gasteiger partial charge in [-0.15, -0.1) is 0 Å². The van der Waals surface area contributed by atoms with Gasteiger partial charge < -0.3 is 16.2 Å². The van der Waals surface area contributed by atoms with Gasteiger partial charge in [0.25, 0.3) is 0 Å². The van der Waals surface area contributed by atoms with Gasteiger partial charge in [-0.1, -0.05) is 13.3 Å². The second kappa shape index (κ2) is 7.22. The number of carbonyl (C=O) groups excluding carboxylic acids is 1. The highest BCUT2D eigenvalue weighted by Gasteiger charge is 2.18. The van der Waals surface area contributed by atoms with Gasteiger partial charge in [-0.25, -0.2) is 0 Å². The lowest BCUT2D eigenvalue weighted by Gasteiger charge is -2.15. The zero-order chi connectivity index (χ0) is 12.7. The molecule has 0 radical (unpaired) electrons. The number of hydrogen-bond acceptors (Lipinski definition) is 3. The van der Waals surface area contributed by atoms with Crippen LogP contribution in [0.4, 0.5) is 0 Å². The van der Waals surface area contributed by atoms with Crippen molar-refractivity contribution >= 4 is 11.9 Å². The molecule has 16 heavy (non-hydrogen) atoms. The summed E-state index contributed by atoms with van der Waals surface area (Å²) in [6.45, 7) is 5.18. The molecule has 0 rings (SSSR count). The number of aliphatic carboxylic acids is 1. The summed E-state index contributed by atoms with van der Waals surface area (Å²) in [5, 5.41) is 11.1. The van der Waals surface area contributed by atoms with E-state index in [1.165, 1.54) is 6.92 Å². The van der Waals surface area contributed by atoms with Crippen molar-refractivity contribution in [1.82, 2.24) is 5.32 Å². The van der Waals surface area contributed by atoms with Crippen molar-refractivity contribution in [1.29, 1.82) is 0 Å². The lowest BCUT2D eigenvalue weighted by atomic mass is 10.0. The fraction of sp³-hybridized carbons (Fsp3) is 0.818. The highest BCUT2D eigenvalue weighted by Crippen LogP contribution is 2.09. The summed E-state index contributed by atoms with van der Waals surface area (Å²) in [5.74, 6) is -1.39. The third kappa shape index (κ3) is 6.40. The first-order valence-electron chi connectivity index (χ1n) is 5.63. The largest absolute Gasteiger partial charge is 0.480 e. The smallest absolute Gasteiger partial charge is 0.325 e. The zero-order valence-corrected chi connectivity index (χ0v) is 10.2. The van der Waals surface area contributed by atoms with E-state index in [0.717, 1.165) is 19.3 Å². The highest BCUT2D eigenvalue weighted by molar-refractivity contribution is 5.84. The Morgan fingerprint density at radius 3 is 2.25 bits per heavy atom. The van der Waals surface area contributed by atoms with Crippen LogP contribution in [-0.2, 0) is 9.59 Å². The van der Waals surface area contributed by atoms with Crippen LogP contribution in [-0.4, -0.2) is 29.1 Å². The normalized spacial score (nSPS) is 16.2. The molecule has 0 aromatic carbocycles. The number of hydrogen-bond donors (Lipinski definition) is 3. The van der Waals surface area contributed by atoms with E-state index < -0.39 is 12.0 Å². The number of nitrogens with two attached hydrogens (primary N) is 1. The molecule has 0 aliphatic heterocycles. The first-order valence-corrected chi connectivity index (χ1v) is 5.63. The second-order valence-electron chi connectivity index (χ2n) is 4.38. The van der Waals surface area contributed by atoms with Gasteiger partial charge in [0, 0.05) is 12.0 Å². The van der Waals surface area contributed by atoms with E-state index in [-0.39, 0.29) is 17.9 Å². The fourth-order valence-corrected chi connectivity index (χ4v) is 1.29. The summed E-state index contributed by atoms with van der Waals surface area (Å²) in [6.07, 6.45) is 2.50. The molecule has 2 unspecified atom stereocenters. The predicted molar refractivity (Wildman–Crippen MR) is 61.9 cm³/mol. The zero-order valence-electron chi connectivity index (χ0n) is 10.2. The van der Waals surface area contributed by atoms with Crippen molar-refractivity contribution in [3.8, 4) is 0 Å². The molecule has 1 amide bonds. The number of rotatable bonds is 7. The molecule has 0 saturated heterocycles. The molecule has 0 aromatic rings. The maximum absolute atomic E-state index is 11.5. The van der Waals surface area contributed by atoms with Crippen LogP contribution in [0, 0.1) is 5.92 Å². The van der Waals surface area contributed by atoms with Crippen LogP contribution in [0.15, 0.2) is 0 Å². The van der Waals surface area contributed by atoms with Crippen molar-refractivity contribution in [2.75, 3.05) is 0 Å². The second-order valence-corrected chi connectivity index (χ2v) is 4.38. The van der Waals surface area contributed by atoms with Crippen LogP contribution in [0.3, 0.4) is 0 Å². The van der Waals surface area contributed by atoms with Crippen LogP contribution in [0.2, 0.25) is 0 Å². The van der Waals surface area contributed by atoms with E-state index in [9.17, 15) is 9.59 Å². The quantitative estimate of drug-likeness (QED) is 0.601. The first kappa shape index (κ1) is 14.9. The Morgan fingerprint density at radius 2 is 1.81 bits per heavy atom. The number of carboxylic acid groups (broad SMARTS) is 1. The van der Waals surface area contributed by atoms with Crippen molar-refractivity contribution in [3.63, 3.8) is 0 Å². The molecule has 0 bridgehead atoms. The van der Waals surface area contributed by atoms with Crippen LogP contribution >= 0.6 is 0 Å². The molecule has 0 heterocycles. The van der Waals surface area contributed by atoms with Crippen molar-refractivity contribution in [2.24, 2.45) is 11.7 Å². The Labute approximate surface area is 96.4 Å². The molecule has 0 aliphatic carbocycles. The van der Waals surface area contributed by atoms with Crippen LogP contribution in [0.5, 0.6) is 0 Å². The van der Waals surface area contributed by atoms with Gasteiger partial charge in [0.15, 0.2) is 0 Å². The average molecular weight is 230 g/mol. The molecule has 5 nitrogen and oxygen atoms in total. The van der Waals surface area contributed by atoms with Crippen LogP contribution in [0.25, 0.3) is 0 Å². The topological polar surface area (TPSA) is 92.4 Å². The van der Waals surface area contributed by atoms with Gasteiger partial charge in [-0.2, -0.15) is 0 Å². The van der Waals surface area contributed by atoms with Crippen molar-refractivity contribution < 1.29 is 14.7 Å². The molecule has 0 aromatic heterocycles. The summed E-state index contributed by atoms with van der Waals surface area (Å²) >= 11 is 0. The highest BCUT2D eigenvalue weighted by atomic mass is 16.4. The summed E-state index contributed by atoms with van der Waals surface area (Å²) in [5.41, 5.74) is 5.60. The van der Waals surface area contributed by atoms with Gasteiger partial charge in [-0.3, -0.25) is 9.59 Å². The number of carboxylic acids is 1. The molecule has 0 fully saturated rings. The minimum absolute atomic E-state index is 0.146. The maximum atomic E-state index is 11.5. The van der Waals surface area contributed by atoms with Crippen LogP contribution in [0.1, 0.15) is 40.0 Å². The van der Waals surface area contributed by atoms with E-state index in [1.807, 2.05) is 6.92 Å². The Balaban J connectivity index is 3.86. The predicted octanol–water partition coefficient (Wildman–Crippen LogP) is 0.729. The van der Waals surface area contributed by atoms with Gasteiger partial charge in [-0.05, 0) is 26.7 Å². The lowest BCUT2D eigenvalue weighted by molar-refractivity contribution is -0.141. The number of nitrogens with one attached hydrogen (secondary N) is 1. The van der Waals surface area contributed by atoms with Gasteiger partial charge in [0.1, 0.15) is 6.04 Å². The molecule has 0 aliphatic rings. The summed E-state index contributed by atoms with van der Waals surface area (Å²) in [6, 6.07) is -0.684. The van der Waals surface area contributed by atoms with Gasteiger partial charge in [0.05, 0.1) is 0 Å². The molecule has 5 heteroatoms. The molecular formula is C11H22N2O3. The van der Waals surface area contributed by atoms with Crippen molar-refractivity contribution in [2.45, 2.75) is 52.1 Å². The number of amides is 1. The Hall–Kier alpha value is -1.10. The SMILES string of the molecule is CC(N)CCCC(C)C(=O)N[C@@H](C)C(=O)O. The van der Waals surface area contributed by atoms with E-state index in [0.29, 0.717) is 0 Å². The molecule has 0 spiro atoms. The van der Waals surface area contributed by atoms with Gasteiger partial charge >= 0.3 is 5.97 Å². The Bertz CT molecular complexity index is 241. The minimum Gasteiger partial charge on any atom is -0.480 e. The first-order chi connectivity index (χ1) is 7.34. The van der Waals surface area contributed by atoms with Crippen LogP contribution < -0.4 is 11.1 Å². The summed E-state index contributed by atoms with van der Waals surface area (Å²) < 4.78 is 0. The van der Waals surface area contributed by atoms with Gasteiger partial charge in [0.2, 0.25) is 5.91 Å². The summed E-state index contributed by atoms with van der Waals surface area (Å²) in [4.78, 5) is 22.1. The van der Waals surface area contributed by atoms with E-state index >= 15 is 0 Å². The molecule has 0 saturated carbocycles. The molecule has 94 valence electrons. The maximum Gasteiger partial charge on any atom is 0.325 e. The van der Waals surface area contributed by atoms with E-state index in [1.54, 1.807) is 6.92 Å². The van der Waals surface area contributed by atoms with E-state index in [4.69, 9.17) is 10.8 Å². The minimum atomic E-state index is -1.02. The molecule has 4 N–H and O–H groups in total.